The van der Waals surface area contributed by atoms with Crippen LogP contribution in [-0.4, -0.2) is 19.0 Å². The lowest BCUT2D eigenvalue weighted by molar-refractivity contribution is -0.117. The zero-order valence-electron chi connectivity index (χ0n) is 8.17. The monoisotopic (exact) mass is 256 g/mol. The van der Waals surface area contributed by atoms with Crippen molar-refractivity contribution in [1.29, 1.82) is 0 Å². The van der Waals surface area contributed by atoms with E-state index in [9.17, 15) is 4.79 Å². The number of hydrogen-bond donors (Lipinski definition) is 2. The summed E-state index contributed by atoms with van der Waals surface area (Å²) in [7, 11) is 1.75. The van der Waals surface area contributed by atoms with Crippen LogP contribution in [0.1, 0.15) is 6.92 Å². The molecule has 1 amide bonds. The van der Waals surface area contributed by atoms with Crippen LogP contribution in [0.2, 0.25) is 0 Å². The average molecular weight is 257 g/mol. The summed E-state index contributed by atoms with van der Waals surface area (Å²) >= 11 is 3.36. The summed E-state index contributed by atoms with van der Waals surface area (Å²) in [5.41, 5.74) is 0.791. The molecule has 0 heterocycles. The highest BCUT2D eigenvalue weighted by Crippen LogP contribution is 2.21. The van der Waals surface area contributed by atoms with Gasteiger partial charge in [-0.25, -0.2) is 0 Å². The number of likely N-dealkylation sites (N-methyl/N-ethyl adjacent to an activating group) is 1. The van der Waals surface area contributed by atoms with Crippen molar-refractivity contribution in [2.75, 3.05) is 12.4 Å². The minimum Gasteiger partial charge on any atom is -0.324 e. The van der Waals surface area contributed by atoms with Gasteiger partial charge in [-0.05, 0) is 42.0 Å². The zero-order valence-corrected chi connectivity index (χ0v) is 9.76. The third kappa shape index (κ3) is 2.82. The van der Waals surface area contributed by atoms with Crippen molar-refractivity contribution < 1.29 is 4.79 Å². The number of hydrogen-bond acceptors (Lipinski definition) is 2. The van der Waals surface area contributed by atoms with Crippen LogP contribution in [0.4, 0.5) is 5.69 Å². The highest BCUT2D eigenvalue weighted by molar-refractivity contribution is 9.10. The van der Waals surface area contributed by atoms with Gasteiger partial charge in [-0.3, -0.25) is 4.79 Å². The first kappa shape index (κ1) is 11.2. The fraction of sp³-hybridized carbons (Fsp3) is 0.300. The number of para-hydroxylation sites is 1. The molecular weight excluding hydrogens is 244 g/mol. The third-order valence-electron chi connectivity index (χ3n) is 1.96. The standard InChI is InChI=1S/C10H13BrN2O/c1-7(12-2)10(14)13-9-6-4-3-5-8(9)11/h3-7,12H,1-2H3,(H,13,14). The molecule has 0 radical (unpaired) electrons. The topological polar surface area (TPSA) is 41.1 Å². The second-order valence-electron chi connectivity index (χ2n) is 2.98. The lowest BCUT2D eigenvalue weighted by atomic mass is 10.3. The quantitative estimate of drug-likeness (QED) is 0.869. The number of benzene rings is 1. The van der Waals surface area contributed by atoms with Gasteiger partial charge in [0.25, 0.3) is 0 Å². The number of rotatable bonds is 3. The maximum Gasteiger partial charge on any atom is 0.241 e. The predicted molar refractivity (Wildman–Crippen MR) is 61.3 cm³/mol. The van der Waals surface area contributed by atoms with Crippen molar-refractivity contribution >= 4 is 27.5 Å². The van der Waals surface area contributed by atoms with Gasteiger partial charge in [0.15, 0.2) is 0 Å². The molecule has 0 aromatic heterocycles. The van der Waals surface area contributed by atoms with E-state index in [0.717, 1.165) is 10.2 Å². The summed E-state index contributed by atoms with van der Waals surface area (Å²) in [5, 5.41) is 5.69. The van der Waals surface area contributed by atoms with Gasteiger partial charge in [-0.15, -0.1) is 0 Å². The molecule has 1 rings (SSSR count). The summed E-state index contributed by atoms with van der Waals surface area (Å²) in [5.74, 6) is -0.0422. The van der Waals surface area contributed by atoms with E-state index >= 15 is 0 Å². The van der Waals surface area contributed by atoms with E-state index in [4.69, 9.17) is 0 Å². The first-order chi connectivity index (χ1) is 6.65. The fourth-order valence-electron chi connectivity index (χ4n) is 0.935. The van der Waals surface area contributed by atoms with Crippen LogP contribution in [0.3, 0.4) is 0 Å². The molecule has 4 heteroatoms. The Morgan fingerprint density at radius 2 is 2.07 bits per heavy atom. The number of carbonyl (C=O) groups is 1. The Bertz CT molecular complexity index is 328. The van der Waals surface area contributed by atoms with Gasteiger partial charge in [0, 0.05) is 4.47 Å². The van der Waals surface area contributed by atoms with Gasteiger partial charge < -0.3 is 10.6 Å². The number of carbonyl (C=O) groups excluding carboxylic acids is 1. The van der Waals surface area contributed by atoms with E-state index in [1.165, 1.54) is 0 Å². The fourth-order valence-corrected chi connectivity index (χ4v) is 1.32. The lowest BCUT2D eigenvalue weighted by Gasteiger charge is -2.11. The summed E-state index contributed by atoms with van der Waals surface area (Å²) in [6.45, 7) is 1.81. The molecule has 1 atom stereocenters. The van der Waals surface area contributed by atoms with Crippen molar-refractivity contribution in [3.05, 3.63) is 28.7 Å². The molecule has 0 bridgehead atoms. The highest BCUT2D eigenvalue weighted by Gasteiger charge is 2.10. The first-order valence-electron chi connectivity index (χ1n) is 4.38. The van der Waals surface area contributed by atoms with Crippen LogP contribution in [0.15, 0.2) is 28.7 Å². The van der Waals surface area contributed by atoms with Crippen molar-refractivity contribution in [2.24, 2.45) is 0 Å². The van der Waals surface area contributed by atoms with Crippen LogP contribution in [0.5, 0.6) is 0 Å². The Hall–Kier alpha value is -0.870. The van der Waals surface area contributed by atoms with Gasteiger partial charge in [0.1, 0.15) is 0 Å². The molecule has 1 aromatic rings. The highest BCUT2D eigenvalue weighted by atomic mass is 79.9. The van der Waals surface area contributed by atoms with E-state index in [-0.39, 0.29) is 11.9 Å². The van der Waals surface area contributed by atoms with Crippen molar-refractivity contribution in [3.63, 3.8) is 0 Å². The molecule has 1 aromatic carbocycles. The van der Waals surface area contributed by atoms with E-state index in [2.05, 4.69) is 26.6 Å². The van der Waals surface area contributed by atoms with Gasteiger partial charge in [-0.1, -0.05) is 12.1 Å². The van der Waals surface area contributed by atoms with E-state index in [1.807, 2.05) is 31.2 Å². The normalized spacial score (nSPS) is 12.2. The Kier molecular flexibility index (Phi) is 4.10. The molecule has 0 saturated carbocycles. The third-order valence-corrected chi connectivity index (χ3v) is 2.65. The van der Waals surface area contributed by atoms with Crippen molar-refractivity contribution in [3.8, 4) is 0 Å². The maximum absolute atomic E-state index is 11.5. The summed E-state index contributed by atoms with van der Waals surface area (Å²) in [6, 6.07) is 7.33. The second kappa shape index (κ2) is 5.12. The minimum absolute atomic E-state index is 0.0422. The maximum atomic E-state index is 11.5. The molecule has 0 spiro atoms. The lowest BCUT2D eigenvalue weighted by Crippen LogP contribution is -2.35. The first-order valence-corrected chi connectivity index (χ1v) is 5.17. The summed E-state index contributed by atoms with van der Waals surface area (Å²) in [6.07, 6.45) is 0. The molecule has 76 valence electrons. The molecular formula is C10H13BrN2O. The van der Waals surface area contributed by atoms with Gasteiger partial charge in [0.2, 0.25) is 5.91 Å². The Labute approximate surface area is 92.0 Å². The van der Waals surface area contributed by atoms with Gasteiger partial charge in [0.05, 0.1) is 11.7 Å². The van der Waals surface area contributed by atoms with E-state index in [1.54, 1.807) is 7.05 Å². The van der Waals surface area contributed by atoms with Crippen LogP contribution in [-0.2, 0) is 4.79 Å². The molecule has 14 heavy (non-hydrogen) atoms. The van der Waals surface area contributed by atoms with E-state index in [0.29, 0.717) is 0 Å². The molecule has 1 unspecified atom stereocenters. The molecule has 0 saturated heterocycles. The SMILES string of the molecule is CNC(C)C(=O)Nc1ccccc1Br. The Morgan fingerprint density at radius 1 is 1.43 bits per heavy atom. The number of amides is 1. The van der Waals surface area contributed by atoms with Gasteiger partial charge in [-0.2, -0.15) is 0 Å². The smallest absolute Gasteiger partial charge is 0.241 e. The van der Waals surface area contributed by atoms with E-state index < -0.39 is 0 Å². The van der Waals surface area contributed by atoms with Gasteiger partial charge >= 0.3 is 0 Å². The number of nitrogens with one attached hydrogen (secondary N) is 2. The largest absolute Gasteiger partial charge is 0.324 e. The average Bonchev–Trinajstić information content (AvgIpc) is 2.20. The Balaban J connectivity index is 2.70. The molecule has 3 nitrogen and oxygen atoms in total. The van der Waals surface area contributed by atoms with Crippen LogP contribution in [0.25, 0.3) is 0 Å². The summed E-state index contributed by atoms with van der Waals surface area (Å²) in [4.78, 5) is 11.5. The molecule has 0 aliphatic heterocycles. The van der Waals surface area contributed by atoms with Crippen LogP contribution >= 0.6 is 15.9 Å². The number of halogens is 1. The second-order valence-corrected chi connectivity index (χ2v) is 3.83. The Morgan fingerprint density at radius 3 is 2.64 bits per heavy atom. The summed E-state index contributed by atoms with van der Waals surface area (Å²) < 4.78 is 0.886. The van der Waals surface area contributed by atoms with Crippen molar-refractivity contribution in [2.45, 2.75) is 13.0 Å². The van der Waals surface area contributed by atoms with Crippen LogP contribution < -0.4 is 10.6 Å². The minimum atomic E-state index is -0.192. The molecule has 2 N–H and O–H groups in total. The molecule has 0 aliphatic rings. The number of anilines is 1. The predicted octanol–water partition coefficient (Wildman–Crippen LogP) is 2.00. The molecule has 0 aliphatic carbocycles. The van der Waals surface area contributed by atoms with Crippen molar-refractivity contribution in [1.82, 2.24) is 5.32 Å². The van der Waals surface area contributed by atoms with Crippen LogP contribution in [0, 0.1) is 0 Å². The molecule has 0 fully saturated rings. The zero-order chi connectivity index (χ0) is 10.6.